The van der Waals surface area contributed by atoms with Crippen LogP contribution in [-0.4, -0.2) is 19.1 Å². The minimum atomic E-state index is 0.771. The van der Waals surface area contributed by atoms with Gasteiger partial charge in [0, 0.05) is 19.5 Å². The monoisotopic (exact) mass is 275 g/mol. The van der Waals surface area contributed by atoms with Crippen LogP contribution in [0.15, 0.2) is 12.5 Å². The molecule has 110 valence electrons. The fraction of sp³-hybridized carbons (Fsp3) is 0.600. The van der Waals surface area contributed by atoms with Gasteiger partial charge < -0.3 is 14.9 Å². The second-order valence-electron chi connectivity index (χ2n) is 5.09. The second-order valence-corrected chi connectivity index (χ2v) is 5.09. The van der Waals surface area contributed by atoms with Gasteiger partial charge in [0.15, 0.2) is 0 Å². The molecule has 0 aliphatic carbocycles. The summed E-state index contributed by atoms with van der Waals surface area (Å²) in [4.78, 5) is 8.99. The van der Waals surface area contributed by atoms with Gasteiger partial charge in [0.25, 0.3) is 0 Å². The van der Waals surface area contributed by atoms with Crippen molar-refractivity contribution in [3.8, 4) is 11.4 Å². The van der Waals surface area contributed by atoms with Crippen LogP contribution in [0.5, 0.6) is 0 Å². The first-order valence-corrected chi connectivity index (χ1v) is 7.58. The average molecular weight is 275 g/mol. The van der Waals surface area contributed by atoms with E-state index in [0.717, 1.165) is 61.8 Å². The first kappa shape index (κ1) is 14.6. The molecule has 0 atom stereocenters. The molecule has 0 bridgehead atoms. The van der Waals surface area contributed by atoms with E-state index in [1.54, 1.807) is 0 Å². The van der Waals surface area contributed by atoms with E-state index >= 15 is 0 Å². The first-order chi connectivity index (χ1) is 9.72. The van der Waals surface area contributed by atoms with Gasteiger partial charge in [-0.1, -0.05) is 27.2 Å². The molecule has 0 unspecified atom stereocenters. The number of unbranched alkanes of at least 4 members (excludes halogenated alkanes) is 1. The smallest absolute Gasteiger partial charge is 0.133 e. The molecule has 2 N–H and O–H groups in total. The third-order valence-electron chi connectivity index (χ3n) is 3.56. The van der Waals surface area contributed by atoms with Crippen molar-refractivity contribution in [1.82, 2.24) is 19.1 Å². The molecule has 2 aromatic heterocycles. The van der Waals surface area contributed by atoms with Crippen LogP contribution in [0.4, 0.5) is 5.82 Å². The molecule has 5 heteroatoms. The van der Waals surface area contributed by atoms with Gasteiger partial charge in [-0.25, -0.2) is 9.97 Å². The molecule has 0 amide bonds. The zero-order chi connectivity index (χ0) is 14.5. The lowest BCUT2D eigenvalue weighted by molar-refractivity contribution is 0.612. The van der Waals surface area contributed by atoms with Crippen molar-refractivity contribution >= 4 is 5.82 Å². The SMILES string of the molecule is CCCCn1c(CC)nc(-c2cncn2CCC)c1N. The Labute approximate surface area is 120 Å². The van der Waals surface area contributed by atoms with E-state index in [4.69, 9.17) is 10.7 Å². The van der Waals surface area contributed by atoms with E-state index in [1.807, 2.05) is 12.5 Å². The predicted octanol–water partition coefficient (Wildman–Crippen LogP) is 3.10. The van der Waals surface area contributed by atoms with E-state index in [9.17, 15) is 0 Å². The Bertz CT molecular complexity index is 553. The van der Waals surface area contributed by atoms with Crippen LogP contribution in [0.1, 0.15) is 45.9 Å². The molecule has 0 spiro atoms. The molecule has 5 nitrogen and oxygen atoms in total. The van der Waals surface area contributed by atoms with Crippen molar-refractivity contribution in [2.24, 2.45) is 0 Å². The summed E-state index contributed by atoms with van der Waals surface area (Å²) in [5.41, 5.74) is 8.24. The molecule has 0 aliphatic rings. The highest BCUT2D eigenvalue weighted by Gasteiger charge is 2.17. The Kier molecular flexibility index (Phi) is 4.82. The van der Waals surface area contributed by atoms with Crippen LogP contribution < -0.4 is 5.73 Å². The quantitative estimate of drug-likeness (QED) is 0.844. The number of hydrogen-bond acceptors (Lipinski definition) is 3. The van der Waals surface area contributed by atoms with Crippen LogP contribution in [-0.2, 0) is 19.5 Å². The number of nitrogens with zero attached hydrogens (tertiary/aromatic N) is 4. The fourth-order valence-corrected chi connectivity index (χ4v) is 2.47. The number of aromatic nitrogens is 4. The van der Waals surface area contributed by atoms with Gasteiger partial charge in [0.05, 0.1) is 18.2 Å². The van der Waals surface area contributed by atoms with E-state index < -0.39 is 0 Å². The number of hydrogen-bond donors (Lipinski definition) is 1. The summed E-state index contributed by atoms with van der Waals surface area (Å²) in [5, 5.41) is 0. The Balaban J connectivity index is 2.41. The number of rotatable bonds is 7. The van der Waals surface area contributed by atoms with E-state index in [2.05, 4.69) is 34.9 Å². The van der Waals surface area contributed by atoms with Gasteiger partial charge in [-0.3, -0.25) is 0 Å². The first-order valence-electron chi connectivity index (χ1n) is 7.58. The number of nitrogen functional groups attached to an aromatic ring is 1. The van der Waals surface area contributed by atoms with E-state index in [0.29, 0.717) is 0 Å². The van der Waals surface area contributed by atoms with Crippen LogP contribution in [0, 0.1) is 0 Å². The molecule has 2 heterocycles. The molecule has 2 aromatic rings. The van der Waals surface area contributed by atoms with E-state index in [1.165, 1.54) is 0 Å². The van der Waals surface area contributed by atoms with Crippen molar-refractivity contribution in [2.75, 3.05) is 5.73 Å². The van der Waals surface area contributed by atoms with Gasteiger partial charge in [-0.2, -0.15) is 0 Å². The van der Waals surface area contributed by atoms with Crippen LogP contribution in [0.25, 0.3) is 11.4 Å². The Hall–Kier alpha value is -1.78. The van der Waals surface area contributed by atoms with Gasteiger partial charge in [0.1, 0.15) is 17.3 Å². The summed E-state index contributed by atoms with van der Waals surface area (Å²) >= 11 is 0. The lowest BCUT2D eigenvalue weighted by Crippen LogP contribution is -2.07. The third-order valence-corrected chi connectivity index (χ3v) is 3.56. The van der Waals surface area contributed by atoms with Gasteiger partial charge in [-0.05, 0) is 12.8 Å². The molecular formula is C15H25N5. The molecule has 0 aliphatic heterocycles. The lowest BCUT2D eigenvalue weighted by atomic mass is 10.3. The summed E-state index contributed by atoms with van der Waals surface area (Å²) < 4.78 is 4.28. The lowest BCUT2D eigenvalue weighted by Gasteiger charge is -2.08. The zero-order valence-electron chi connectivity index (χ0n) is 12.8. The van der Waals surface area contributed by atoms with Gasteiger partial charge >= 0.3 is 0 Å². The average Bonchev–Trinajstić information content (AvgIpc) is 3.01. The number of imidazole rings is 2. The van der Waals surface area contributed by atoms with Crippen molar-refractivity contribution in [1.29, 1.82) is 0 Å². The predicted molar refractivity (Wildman–Crippen MR) is 82.4 cm³/mol. The van der Waals surface area contributed by atoms with Crippen molar-refractivity contribution in [3.05, 3.63) is 18.3 Å². The molecule has 0 saturated heterocycles. The molecular weight excluding hydrogens is 250 g/mol. The summed E-state index contributed by atoms with van der Waals surface area (Å²) in [6.07, 6.45) is 7.97. The summed E-state index contributed by atoms with van der Waals surface area (Å²) in [6.45, 7) is 8.36. The van der Waals surface area contributed by atoms with Crippen LogP contribution in [0.2, 0.25) is 0 Å². The summed E-state index contributed by atoms with van der Waals surface area (Å²) in [7, 11) is 0. The molecule has 0 fully saturated rings. The Morgan fingerprint density at radius 3 is 2.60 bits per heavy atom. The van der Waals surface area contributed by atoms with Crippen molar-refractivity contribution in [2.45, 2.75) is 59.5 Å². The highest BCUT2D eigenvalue weighted by Crippen LogP contribution is 2.27. The molecule has 0 saturated carbocycles. The maximum Gasteiger partial charge on any atom is 0.133 e. The highest BCUT2D eigenvalue weighted by atomic mass is 15.2. The zero-order valence-corrected chi connectivity index (χ0v) is 12.8. The molecule has 0 radical (unpaired) electrons. The normalized spacial score (nSPS) is 11.2. The van der Waals surface area contributed by atoms with Crippen molar-refractivity contribution in [3.63, 3.8) is 0 Å². The largest absolute Gasteiger partial charge is 0.383 e. The Morgan fingerprint density at radius 2 is 1.95 bits per heavy atom. The second kappa shape index (κ2) is 6.59. The minimum absolute atomic E-state index is 0.771. The fourth-order valence-electron chi connectivity index (χ4n) is 2.47. The summed E-state index contributed by atoms with van der Waals surface area (Å²) in [5.74, 6) is 1.84. The number of nitrogens with two attached hydrogens (primary N) is 1. The van der Waals surface area contributed by atoms with Gasteiger partial charge in [0.2, 0.25) is 0 Å². The molecule has 0 aromatic carbocycles. The van der Waals surface area contributed by atoms with Crippen LogP contribution >= 0.6 is 0 Å². The maximum atomic E-state index is 6.34. The minimum Gasteiger partial charge on any atom is -0.383 e. The Morgan fingerprint density at radius 1 is 1.15 bits per heavy atom. The van der Waals surface area contributed by atoms with Crippen molar-refractivity contribution < 1.29 is 0 Å². The number of anilines is 1. The molecule has 2 rings (SSSR count). The molecule has 20 heavy (non-hydrogen) atoms. The third kappa shape index (κ3) is 2.71. The van der Waals surface area contributed by atoms with Crippen LogP contribution in [0.3, 0.4) is 0 Å². The topological polar surface area (TPSA) is 61.7 Å². The standard InChI is InChI=1S/C15H25N5/c1-4-7-9-20-13(6-3)18-14(15(20)16)12-10-17-11-19(12)8-5-2/h10-11H,4-9,16H2,1-3H3. The number of aryl methyl sites for hydroxylation is 2. The summed E-state index contributed by atoms with van der Waals surface area (Å²) in [6, 6.07) is 0. The van der Waals surface area contributed by atoms with Gasteiger partial charge in [-0.15, -0.1) is 0 Å². The maximum absolute atomic E-state index is 6.34. The van der Waals surface area contributed by atoms with E-state index in [-0.39, 0.29) is 0 Å². The highest BCUT2D eigenvalue weighted by molar-refractivity contribution is 5.68.